The molecule has 0 unspecified atom stereocenters. The summed E-state index contributed by atoms with van der Waals surface area (Å²) in [7, 11) is 0. The average Bonchev–Trinajstić information content (AvgIpc) is 2.86. The Bertz CT molecular complexity index is 1490. The Kier molecular flexibility index (Phi) is 8.23. The Balaban J connectivity index is 1.55. The van der Waals surface area contributed by atoms with E-state index in [0.29, 0.717) is 17.5 Å². The fraction of sp³-hybridized carbons (Fsp3) is 0.226. The van der Waals surface area contributed by atoms with Crippen LogP contribution in [0.25, 0.3) is 21.9 Å². The third-order valence-electron chi connectivity index (χ3n) is 6.24. The molecule has 0 radical (unpaired) electrons. The van der Waals surface area contributed by atoms with Crippen LogP contribution in [0.3, 0.4) is 0 Å². The normalized spacial score (nSPS) is 11.0. The molecule has 0 N–H and O–H groups in total. The molecule has 0 amide bonds. The standard InChI is InChI=1S/C31H24F6/c1-2-3-4-5-6-7-20-15-26(33)29(27(34)16-20)22-12-11-21(25(32)17-22)10-8-19-9-13-24-23(14-19)18-28(35)31(37)30(24)36/h9,11-18H,2-7H2,1H3. The Morgan fingerprint density at radius 1 is 0.622 bits per heavy atom. The van der Waals surface area contributed by atoms with Gasteiger partial charge >= 0.3 is 0 Å². The van der Waals surface area contributed by atoms with E-state index in [0.717, 1.165) is 44.2 Å². The lowest BCUT2D eigenvalue weighted by atomic mass is 9.98. The van der Waals surface area contributed by atoms with E-state index >= 15 is 0 Å². The van der Waals surface area contributed by atoms with Gasteiger partial charge in [-0.3, -0.25) is 0 Å². The second-order valence-corrected chi connectivity index (χ2v) is 8.97. The largest absolute Gasteiger partial charge is 0.206 e. The van der Waals surface area contributed by atoms with Gasteiger partial charge in [-0.1, -0.05) is 56.6 Å². The van der Waals surface area contributed by atoms with E-state index in [4.69, 9.17) is 0 Å². The Morgan fingerprint density at radius 3 is 2.05 bits per heavy atom. The smallest absolute Gasteiger partial charge is 0.195 e. The molecule has 0 nitrogen and oxygen atoms in total. The number of unbranched alkanes of at least 4 members (excludes halogenated alkanes) is 4. The second kappa shape index (κ2) is 11.6. The fourth-order valence-electron chi connectivity index (χ4n) is 4.27. The van der Waals surface area contributed by atoms with Gasteiger partial charge in [0.05, 0.1) is 11.1 Å². The molecule has 0 saturated carbocycles. The summed E-state index contributed by atoms with van der Waals surface area (Å²) in [5.41, 5.74) is 0.606. The van der Waals surface area contributed by atoms with Crippen molar-refractivity contribution in [1.29, 1.82) is 0 Å². The van der Waals surface area contributed by atoms with Gasteiger partial charge in [0.15, 0.2) is 17.5 Å². The van der Waals surface area contributed by atoms with Crippen LogP contribution in [0.1, 0.15) is 55.7 Å². The number of hydrogen-bond acceptors (Lipinski definition) is 0. The van der Waals surface area contributed by atoms with E-state index in [-0.39, 0.29) is 27.5 Å². The maximum absolute atomic E-state index is 14.8. The van der Waals surface area contributed by atoms with Gasteiger partial charge in [0.25, 0.3) is 0 Å². The number of fused-ring (bicyclic) bond motifs is 1. The lowest BCUT2D eigenvalue weighted by Gasteiger charge is -2.09. The molecule has 4 aromatic rings. The Hall–Kier alpha value is -3.72. The summed E-state index contributed by atoms with van der Waals surface area (Å²) in [4.78, 5) is 0. The van der Waals surface area contributed by atoms with Crippen LogP contribution in [0.4, 0.5) is 26.3 Å². The third kappa shape index (κ3) is 5.99. The molecule has 37 heavy (non-hydrogen) atoms. The zero-order valence-corrected chi connectivity index (χ0v) is 20.2. The summed E-state index contributed by atoms with van der Waals surface area (Å²) in [6.07, 6.45) is 5.76. The van der Waals surface area contributed by atoms with Gasteiger partial charge in [-0.15, -0.1) is 0 Å². The van der Waals surface area contributed by atoms with Gasteiger partial charge in [0.1, 0.15) is 17.5 Å². The number of hydrogen-bond donors (Lipinski definition) is 0. The van der Waals surface area contributed by atoms with Crippen molar-refractivity contribution in [2.75, 3.05) is 0 Å². The molecule has 0 fully saturated rings. The molecule has 190 valence electrons. The molecule has 4 aromatic carbocycles. The predicted molar refractivity (Wildman–Crippen MR) is 134 cm³/mol. The lowest BCUT2D eigenvalue weighted by molar-refractivity contribution is 0.453. The van der Waals surface area contributed by atoms with Gasteiger partial charge in [0, 0.05) is 10.9 Å². The monoisotopic (exact) mass is 510 g/mol. The highest BCUT2D eigenvalue weighted by Crippen LogP contribution is 2.29. The van der Waals surface area contributed by atoms with Crippen molar-refractivity contribution in [3.8, 4) is 23.0 Å². The average molecular weight is 511 g/mol. The van der Waals surface area contributed by atoms with Crippen LogP contribution in [-0.2, 0) is 6.42 Å². The molecule has 0 aliphatic carbocycles. The predicted octanol–water partition coefficient (Wildman–Crippen LogP) is 9.25. The number of halogens is 6. The lowest BCUT2D eigenvalue weighted by Crippen LogP contribution is -1.96. The van der Waals surface area contributed by atoms with Crippen LogP contribution in [0.2, 0.25) is 0 Å². The van der Waals surface area contributed by atoms with Crippen molar-refractivity contribution in [2.45, 2.75) is 45.4 Å². The molecule has 0 spiro atoms. The number of aryl methyl sites for hydroxylation is 1. The SMILES string of the molecule is CCCCCCCc1cc(F)c(-c2ccc(C#Cc3ccc4c(F)c(F)c(F)cc4c3)c(F)c2)c(F)c1. The van der Waals surface area contributed by atoms with E-state index < -0.39 is 34.9 Å². The fourth-order valence-corrected chi connectivity index (χ4v) is 4.27. The van der Waals surface area contributed by atoms with Crippen LogP contribution in [0.15, 0.2) is 54.6 Å². The summed E-state index contributed by atoms with van der Waals surface area (Å²) in [5, 5.41) is 0.000856. The minimum atomic E-state index is -1.56. The molecule has 0 bridgehead atoms. The van der Waals surface area contributed by atoms with Gasteiger partial charge in [-0.2, -0.15) is 0 Å². The number of benzene rings is 4. The van der Waals surface area contributed by atoms with Crippen LogP contribution >= 0.6 is 0 Å². The van der Waals surface area contributed by atoms with Crippen LogP contribution in [0.5, 0.6) is 0 Å². The molecular weight excluding hydrogens is 486 g/mol. The minimum Gasteiger partial charge on any atom is -0.206 e. The Labute approximate surface area is 212 Å². The van der Waals surface area contributed by atoms with Gasteiger partial charge < -0.3 is 0 Å². The van der Waals surface area contributed by atoms with E-state index in [9.17, 15) is 26.3 Å². The van der Waals surface area contributed by atoms with Gasteiger partial charge in [-0.25, -0.2) is 26.3 Å². The van der Waals surface area contributed by atoms with Crippen LogP contribution in [0, 0.1) is 46.7 Å². The van der Waals surface area contributed by atoms with Crippen molar-refractivity contribution in [2.24, 2.45) is 0 Å². The molecule has 4 rings (SSSR count). The maximum Gasteiger partial charge on any atom is 0.195 e. The summed E-state index contributed by atoms with van der Waals surface area (Å²) < 4.78 is 85.2. The van der Waals surface area contributed by atoms with Gasteiger partial charge in [-0.05, 0) is 71.8 Å². The quantitative estimate of drug-likeness (QED) is 0.101. The van der Waals surface area contributed by atoms with Crippen LogP contribution in [-0.4, -0.2) is 0 Å². The molecular formula is C31H24F6. The zero-order chi connectivity index (χ0) is 26.5. The molecule has 0 aliphatic rings. The first-order chi connectivity index (χ1) is 17.8. The van der Waals surface area contributed by atoms with Crippen molar-refractivity contribution in [3.05, 3.63) is 106 Å². The molecule has 6 heteroatoms. The summed E-state index contributed by atoms with van der Waals surface area (Å²) >= 11 is 0. The van der Waals surface area contributed by atoms with Crippen molar-refractivity contribution in [1.82, 2.24) is 0 Å². The van der Waals surface area contributed by atoms with Crippen molar-refractivity contribution < 1.29 is 26.3 Å². The van der Waals surface area contributed by atoms with E-state index in [1.807, 2.05) is 0 Å². The summed E-state index contributed by atoms with van der Waals surface area (Å²) in [5.74, 6) is -1.15. The van der Waals surface area contributed by atoms with E-state index in [2.05, 4.69) is 18.8 Å². The molecule has 0 saturated heterocycles. The minimum absolute atomic E-state index is 0.0233. The van der Waals surface area contributed by atoms with E-state index in [1.165, 1.54) is 42.5 Å². The molecule has 0 atom stereocenters. The third-order valence-corrected chi connectivity index (χ3v) is 6.24. The summed E-state index contributed by atoms with van der Waals surface area (Å²) in [6.45, 7) is 2.12. The van der Waals surface area contributed by atoms with Crippen molar-refractivity contribution >= 4 is 10.8 Å². The van der Waals surface area contributed by atoms with E-state index in [1.54, 1.807) is 0 Å². The molecule has 0 aromatic heterocycles. The number of rotatable bonds is 7. The molecule has 0 aliphatic heterocycles. The van der Waals surface area contributed by atoms with Crippen molar-refractivity contribution in [3.63, 3.8) is 0 Å². The first-order valence-electron chi connectivity index (χ1n) is 12.2. The highest BCUT2D eigenvalue weighted by molar-refractivity contribution is 5.84. The summed E-state index contributed by atoms with van der Waals surface area (Å²) in [6, 6.07) is 11.2. The highest BCUT2D eigenvalue weighted by atomic mass is 19.2. The second-order valence-electron chi connectivity index (χ2n) is 8.97. The topological polar surface area (TPSA) is 0 Å². The molecule has 0 heterocycles. The first kappa shape index (κ1) is 26.3. The van der Waals surface area contributed by atoms with Gasteiger partial charge in [0.2, 0.25) is 0 Å². The van der Waals surface area contributed by atoms with Crippen LogP contribution < -0.4 is 0 Å². The first-order valence-corrected chi connectivity index (χ1v) is 12.2. The highest BCUT2D eigenvalue weighted by Gasteiger charge is 2.16. The zero-order valence-electron chi connectivity index (χ0n) is 20.2. The Morgan fingerprint density at radius 2 is 1.35 bits per heavy atom. The maximum atomic E-state index is 14.8.